The van der Waals surface area contributed by atoms with Gasteiger partial charge in [-0.05, 0) is 40.7 Å². The van der Waals surface area contributed by atoms with Crippen LogP contribution in [0, 0.1) is 27.7 Å². The van der Waals surface area contributed by atoms with Gasteiger partial charge in [0.05, 0.1) is 17.1 Å². The maximum Gasteiger partial charge on any atom is 0.340 e. The molecule has 1 aliphatic rings. The summed E-state index contributed by atoms with van der Waals surface area (Å²) in [6.07, 6.45) is -0.809. The van der Waals surface area contributed by atoms with Crippen LogP contribution in [0.5, 0.6) is 0 Å². The van der Waals surface area contributed by atoms with Crippen molar-refractivity contribution in [2.45, 2.75) is 51.3 Å². The quantitative estimate of drug-likeness (QED) is 0.385. The minimum atomic E-state index is -1.26. The molecule has 2 aromatic carbocycles. The predicted octanol–water partition coefficient (Wildman–Crippen LogP) is 3.61. The minimum Gasteiger partial charge on any atom is -0.616 e. The van der Waals surface area contributed by atoms with Gasteiger partial charge in [0.2, 0.25) is 11.6 Å². The zero-order valence-electron chi connectivity index (χ0n) is 18.3. The van der Waals surface area contributed by atoms with Crippen molar-refractivity contribution in [2.24, 2.45) is 5.92 Å². The SMILES string of the molecule is CC(C)(C)c1cccc(CN[C@H]2C[S@@+]([O-])C[C@@H](Cc3cc(F)c([N+](=O)[O-])c(F)c3)[C@@H]2O)c1. The topological polar surface area (TPSA) is 98.5 Å². The largest absolute Gasteiger partial charge is 0.616 e. The van der Waals surface area contributed by atoms with E-state index in [1.807, 2.05) is 12.1 Å². The first-order valence-corrected chi connectivity index (χ1v) is 11.9. The Balaban J connectivity index is 1.70. The normalized spacial score (nSPS) is 23.8. The van der Waals surface area contributed by atoms with E-state index in [4.69, 9.17) is 0 Å². The Bertz CT molecular complexity index is 960. The molecule has 1 fully saturated rings. The molecule has 32 heavy (non-hydrogen) atoms. The van der Waals surface area contributed by atoms with Gasteiger partial charge in [-0.1, -0.05) is 56.2 Å². The molecule has 1 heterocycles. The number of nitro groups is 1. The lowest BCUT2D eigenvalue weighted by atomic mass is 9.86. The van der Waals surface area contributed by atoms with E-state index in [0.717, 1.165) is 17.7 Å². The van der Waals surface area contributed by atoms with E-state index < -0.39 is 51.5 Å². The summed E-state index contributed by atoms with van der Waals surface area (Å²) in [6, 6.07) is 9.49. The van der Waals surface area contributed by atoms with E-state index in [2.05, 4.69) is 38.2 Å². The maximum absolute atomic E-state index is 14.0. The molecule has 174 valence electrons. The van der Waals surface area contributed by atoms with Crippen LogP contribution in [0.1, 0.15) is 37.5 Å². The molecular weight excluding hydrogens is 438 g/mol. The smallest absolute Gasteiger partial charge is 0.340 e. The molecule has 0 amide bonds. The van der Waals surface area contributed by atoms with Gasteiger partial charge in [0.1, 0.15) is 11.5 Å². The zero-order chi connectivity index (χ0) is 23.6. The van der Waals surface area contributed by atoms with Crippen LogP contribution in [0.15, 0.2) is 36.4 Å². The van der Waals surface area contributed by atoms with Crippen LogP contribution in [0.25, 0.3) is 0 Å². The second-order valence-corrected chi connectivity index (χ2v) is 10.9. The van der Waals surface area contributed by atoms with Crippen LogP contribution in [-0.2, 0) is 29.6 Å². The third-order valence-corrected chi connectivity index (χ3v) is 7.31. The zero-order valence-corrected chi connectivity index (χ0v) is 19.1. The van der Waals surface area contributed by atoms with E-state index in [9.17, 15) is 28.6 Å². The van der Waals surface area contributed by atoms with Crippen LogP contribution in [0.4, 0.5) is 14.5 Å². The summed E-state index contributed by atoms with van der Waals surface area (Å²) >= 11 is -1.21. The molecule has 4 atom stereocenters. The Kier molecular flexibility index (Phi) is 7.54. The molecule has 0 aromatic heterocycles. The minimum absolute atomic E-state index is 0.00224. The summed E-state index contributed by atoms with van der Waals surface area (Å²) in [5.74, 6) is -2.54. The first kappa shape index (κ1) is 24.6. The van der Waals surface area contributed by atoms with E-state index in [-0.39, 0.29) is 28.9 Å². The standard InChI is InChI=1S/C23H28F2N2O4S/c1-23(2,3)17-6-4-5-14(8-17)11-26-20-13-32(31)12-16(22(20)28)7-15-9-18(24)21(27(29)30)19(25)10-15/h4-6,8-10,16,20,22,26,28H,7,11-13H2,1-3H3/t16-,20+,22+,32+/m1/s1. The second-order valence-electron chi connectivity index (χ2n) is 9.33. The monoisotopic (exact) mass is 466 g/mol. The number of aliphatic hydroxyl groups excluding tert-OH is 1. The third kappa shape index (κ3) is 5.83. The summed E-state index contributed by atoms with van der Waals surface area (Å²) < 4.78 is 40.4. The van der Waals surface area contributed by atoms with Gasteiger partial charge < -0.3 is 15.0 Å². The lowest BCUT2D eigenvalue weighted by Crippen LogP contribution is -2.54. The molecule has 1 saturated heterocycles. The first-order chi connectivity index (χ1) is 15.0. The summed E-state index contributed by atoms with van der Waals surface area (Å²) in [5, 5.41) is 24.9. The van der Waals surface area contributed by atoms with Crippen LogP contribution in [0.2, 0.25) is 0 Å². The number of nitro benzene ring substituents is 1. The molecule has 0 saturated carbocycles. The number of rotatable bonds is 6. The Labute approximate surface area is 189 Å². The van der Waals surface area contributed by atoms with Crippen molar-refractivity contribution in [3.05, 3.63) is 74.8 Å². The van der Waals surface area contributed by atoms with Crippen molar-refractivity contribution in [1.29, 1.82) is 0 Å². The van der Waals surface area contributed by atoms with E-state index >= 15 is 0 Å². The van der Waals surface area contributed by atoms with Crippen molar-refractivity contribution in [3.63, 3.8) is 0 Å². The highest BCUT2D eigenvalue weighted by Crippen LogP contribution is 2.28. The number of nitrogens with one attached hydrogen (secondary N) is 1. The van der Waals surface area contributed by atoms with Gasteiger partial charge in [-0.2, -0.15) is 8.78 Å². The molecule has 0 unspecified atom stereocenters. The summed E-state index contributed by atoms with van der Waals surface area (Å²) in [5.41, 5.74) is 1.22. The summed E-state index contributed by atoms with van der Waals surface area (Å²) in [7, 11) is 0. The molecule has 3 rings (SSSR count). The summed E-state index contributed by atoms with van der Waals surface area (Å²) in [6.45, 7) is 6.86. The lowest BCUT2D eigenvalue weighted by Gasteiger charge is -2.36. The Hall–Kier alpha value is -2.07. The molecule has 0 radical (unpaired) electrons. The molecule has 0 spiro atoms. The maximum atomic E-state index is 14.0. The number of nitrogens with zero attached hydrogens (tertiary/aromatic N) is 1. The van der Waals surface area contributed by atoms with Gasteiger partial charge in [-0.15, -0.1) is 0 Å². The highest BCUT2D eigenvalue weighted by atomic mass is 32.2. The van der Waals surface area contributed by atoms with Crippen LogP contribution in [-0.4, -0.2) is 38.2 Å². The Morgan fingerprint density at radius 2 is 1.81 bits per heavy atom. The second kappa shape index (κ2) is 9.82. The van der Waals surface area contributed by atoms with Gasteiger partial charge >= 0.3 is 5.69 Å². The van der Waals surface area contributed by atoms with Gasteiger partial charge in [0, 0.05) is 12.5 Å². The lowest BCUT2D eigenvalue weighted by molar-refractivity contribution is -0.390. The molecule has 6 nitrogen and oxygen atoms in total. The van der Waals surface area contributed by atoms with Crippen LogP contribution in [0.3, 0.4) is 0 Å². The van der Waals surface area contributed by atoms with Gasteiger partial charge in [0.15, 0.2) is 0 Å². The fourth-order valence-electron chi connectivity index (χ4n) is 4.00. The molecule has 0 aliphatic carbocycles. The van der Waals surface area contributed by atoms with Crippen molar-refractivity contribution in [2.75, 3.05) is 11.5 Å². The summed E-state index contributed by atoms with van der Waals surface area (Å²) in [4.78, 5) is 9.68. The Morgan fingerprint density at radius 1 is 1.16 bits per heavy atom. The molecule has 1 aliphatic heterocycles. The number of hydrogen-bond donors (Lipinski definition) is 2. The van der Waals surface area contributed by atoms with Crippen molar-refractivity contribution in [3.8, 4) is 0 Å². The number of aliphatic hydroxyl groups is 1. The highest BCUT2D eigenvalue weighted by Gasteiger charge is 2.39. The fraction of sp³-hybridized carbons (Fsp3) is 0.478. The average molecular weight is 467 g/mol. The first-order valence-electron chi connectivity index (χ1n) is 10.4. The molecular formula is C23H28F2N2O4S. The predicted molar refractivity (Wildman–Crippen MR) is 120 cm³/mol. The highest BCUT2D eigenvalue weighted by molar-refractivity contribution is 7.91. The molecule has 9 heteroatoms. The molecule has 2 aromatic rings. The van der Waals surface area contributed by atoms with Crippen molar-refractivity contribution >= 4 is 16.9 Å². The number of halogens is 2. The van der Waals surface area contributed by atoms with Crippen LogP contribution < -0.4 is 5.32 Å². The number of hydrogen-bond acceptors (Lipinski definition) is 5. The van der Waals surface area contributed by atoms with Gasteiger partial charge in [-0.3, -0.25) is 10.1 Å². The molecule has 0 bridgehead atoms. The molecule has 2 N–H and O–H groups in total. The van der Waals surface area contributed by atoms with Crippen molar-refractivity contribution in [1.82, 2.24) is 5.32 Å². The number of benzene rings is 2. The van der Waals surface area contributed by atoms with Crippen LogP contribution >= 0.6 is 0 Å². The van der Waals surface area contributed by atoms with Gasteiger partial charge in [-0.25, -0.2) is 0 Å². The van der Waals surface area contributed by atoms with E-state index in [1.165, 1.54) is 5.56 Å². The fourth-order valence-corrected chi connectivity index (χ4v) is 5.65. The van der Waals surface area contributed by atoms with E-state index in [0.29, 0.717) is 6.54 Å². The van der Waals surface area contributed by atoms with Crippen molar-refractivity contribution < 1.29 is 23.4 Å². The average Bonchev–Trinajstić information content (AvgIpc) is 2.68. The Morgan fingerprint density at radius 3 is 2.41 bits per heavy atom. The van der Waals surface area contributed by atoms with E-state index in [1.54, 1.807) is 0 Å². The van der Waals surface area contributed by atoms with Gasteiger partial charge in [0.25, 0.3) is 0 Å². The third-order valence-electron chi connectivity index (χ3n) is 5.78.